The number of rotatable bonds is 3. The van der Waals surface area contributed by atoms with Gasteiger partial charge in [-0.25, -0.2) is 0 Å². The summed E-state index contributed by atoms with van der Waals surface area (Å²) in [7, 11) is 0. The minimum Gasteiger partial charge on any atom is -0.454 e. The number of hydrogen-bond donors (Lipinski definition) is 0. The first-order valence-electron chi connectivity index (χ1n) is 10.8. The first-order valence-corrected chi connectivity index (χ1v) is 10.8. The molecular weight excluding hydrogens is 446 g/mol. The molecule has 0 aliphatic carbocycles. The first-order chi connectivity index (χ1) is 15.6. The summed E-state index contributed by atoms with van der Waals surface area (Å²) in [5, 5.41) is 20.5. The third-order valence-corrected chi connectivity index (χ3v) is 6.36. The van der Waals surface area contributed by atoms with Crippen molar-refractivity contribution in [3.63, 3.8) is 0 Å². The van der Waals surface area contributed by atoms with E-state index in [2.05, 4.69) is 20.9 Å². The van der Waals surface area contributed by atoms with Crippen LogP contribution in [0.25, 0.3) is 0 Å². The average molecular weight is 470 g/mol. The maximum absolute atomic E-state index is 11.1. The van der Waals surface area contributed by atoms with Crippen LogP contribution in [0, 0.1) is 21.6 Å². The Morgan fingerprint density at radius 3 is 2.52 bits per heavy atom. The van der Waals surface area contributed by atoms with Gasteiger partial charge in [0, 0.05) is 31.8 Å². The predicted octanol–water partition coefficient (Wildman–Crippen LogP) is 3.82. The fourth-order valence-corrected chi connectivity index (χ4v) is 4.81. The van der Waals surface area contributed by atoms with Crippen LogP contribution in [-0.4, -0.2) is 47.1 Å². The average Bonchev–Trinajstić information content (AvgIpc) is 3.49. The number of guanidine groups is 1. The van der Waals surface area contributed by atoms with Gasteiger partial charge < -0.3 is 19.3 Å². The molecule has 0 spiro atoms. The smallest absolute Gasteiger partial charge is 0.269 e. The number of fused-ring (bicyclic) bond motifs is 2. The molecule has 10 heteroatoms. The van der Waals surface area contributed by atoms with Crippen LogP contribution in [-0.2, 0) is 12.8 Å². The molecule has 1 unspecified atom stereocenters. The van der Waals surface area contributed by atoms with Gasteiger partial charge >= 0.3 is 0 Å². The van der Waals surface area contributed by atoms with Crippen molar-refractivity contribution < 1.29 is 14.4 Å². The van der Waals surface area contributed by atoms with Crippen LogP contribution < -0.4 is 9.47 Å². The van der Waals surface area contributed by atoms with Gasteiger partial charge in [0.05, 0.1) is 11.0 Å². The number of nitrogens with zero attached hydrogens (tertiary/aromatic N) is 5. The van der Waals surface area contributed by atoms with Crippen molar-refractivity contribution in [2.24, 2.45) is 4.99 Å². The number of halogens is 1. The Morgan fingerprint density at radius 2 is 1.85 bits per heavy atom. The van der Waals surface area contributed by atoms with Crippen molar-refractivity contribution in [3.05, 3.63) is 63.2 Å². The number of hydrogen-bond acceptors (Lipinski definition) is 6. The van der Waals surface area contributed by atoms with Crippen LogP contribution in [0.5, 0.6) is 11.5 Å². The van der Waals surface area contributed by atoms with E-state index in [0.717, 1.165) is 61.5 Å². The first kappa shape index (κ1) is 22.7. The molecule has 1 fully saturated rings. The Morgan fingerprint density at radius 1 is 1.15 bits per heavy atom. The second-order valence-corrected chi connectivity index (χ2v) is 8.20. The van der Waals surface area contributed by atoms with Crippen molar-refractivity contribution in [2.75, 3.05) is 26.4 Å². The molecule has 2 aromatic rings. The fourth-order valence-electron chi connectivity index (χ4n) is 4.81. The molecule has 1 atom stereocenters. The molecule has 0 radical (unpaired) electrons. The molecule has 0 saturated carbocycles. The summed E-state index contributed by atoms with van der Waals surface area (Å²) < 4.78 is 11.2. The van der Waals surface area contributed by atoms with Gasteiger partial charge in [-0.15, -0.1) is 17.4 Å². The van der Waals surface area contributed by atoms with Gasteiger partial charge in [-0.2, -0.15) is 5.26 Å². The van der Waals surface area contributed by atoms with Crippen molar-refractivity contribution in [2.45, 2.75) is 31.7 Å². The lowest BCUT2D eigenvalue weighted by molar-refractivity contribution is -0.384. The molecule has 3 heterocycles. The Balaban J connectivity index is 0.00000259. The zero-order chi connectivity index (χ0) is 22.1. The summed E-state index contributed by atoms with van der Waals surface area (Å²) in [5.41, 5.74) is 3.36. The lowest BCUT2D eigenvalue weighted by Gasteiger charge is -2.41. The normalized spacial score (nSPS) is 19.0. The lowest BCUT2D eigenvalue weighted by Crippen LogP contribution is -2.48. The van der Waals surface area contributed by atoms with E-state index in [1.807, 2.05) is 12.3 Å². The number of aliphatic imine (C=N–C) groups is 1. The van der Waals surface area contributed by atoms with E-state index in [1.165, 1.54) is 17.7 Å². The van der Waals surface area contributed by atoms with Crippen molar-refractivity contribution in [3.8, 4) is 17.7 Å². The summed E-state index contributed by atoms with van der Waals surface area (Å²) in [5.74, 6) is 2.19. The van der Waals surface area contributed by atoms with E-state index in [-0.39, 0.29) is 30.9 Å². The van der Waals surface area contributed by atoms with Crippen molar-refractivity contribution in [1.82, 2.24) is 9.80 Å². The summed E-state index contributed by atoms with van der Waals surface area (Å²) in [6.45, 7) is 2.70. The molecule has 9 nitrogen and oxygen atoms in total. The highest BCUT2D eigenvalue weighted by molar-refractivity contribution is 5.85. The van der Waals surface area contributed by atoms with Gasteiger partial charge in [-0.05, 0) is 54.5 Å². The van der Waals surface area contributed by atoms with E-state index < -0.39 is 4.92 Å². The molecule has 0 bridgehead atoms. The molecule has 172 valence electrons. The number of nitriles is 1. The number of non-ortho nitro benzene ring substituents is 1. The zero-order valence-corrected chi connectivity index (χ0v) is 18.8. The molecule has 1 saturated heterocycles. The van der Waals surface area contributed by atoms with Crippen LogP contribution in [0.1, 0.15) is 35.6 Å². The van der Waals surface area contributed by atoms with Crippen LogP contribution in [0.4, 0.5) is 5.69 Å². The molecule has 0 amide bonds. The Labute approximate surface area is 197 Å². The van der Waals surface area contributed by atoms with Crippen LogP contribution in [0.15, 0.2) is 41.4 Å². The molecule has 5 rings (SSSR count). The van der Waals surface area contributed by atoms with Gasteiger partial charge in [0.25, 0.3) is 5.69 Å². The SMILES string of the molecule is Cl.N#CN=C(N1CCCC1)N1CCc2cc3c(cc2C1Cc1ccc([N+](=O)[O-])cc1)OCO3. The highest BCUT2D eigenvalue weighted by Gasteiger charge is 2.35. The summed E-state index contributed by atoms with van der Waals surface area (Å²) in [4.78, 5) is 19.3. The second kappa shape index (κ2) is 9.55. The van der Waals surface area contributed by atoms with Crippen molar-refractivity contribution >= 4 is 24.1 Å². The van der Waals surface area contributed by atoms with E-state index in [0.29, 0.717) is 12.4 Å². The second-order valence-electron chi connectivity index (χ2n) is 8.20. The Kier molecular flexibility index (Phi) is 6.56. The Hall–Kier alpha value is -3.51. The zero-order valence-electron chi connectivity index (χ0n) is 18.0. The van der Waals surface area contributed by atoms with E-state index in [9.17, 15) is 15.4 Å². The number of benzene rings is 2. The number of ether oxygens (including phenoxy) is 2. The predicted molar refractivity (Wildman–Crippen MR) is 124 cm³/mol. The summed E-state index contributed by atoms with van der Waals surface area (Å²) in [6.07, 6.45) is 5.60. The van der Waals surface area contributed by atoms with Gasteiger partial charge in [-0.3, -0.25) is 10.1 Å². The van der Waals surface area contributed by atoms with Crippen LogP contribution >= 0.6 is 12.4 Å². The van der Waals surface area contributed by atoms with E-state index >= 15 is 0 Å². The fraction of sp³-hybridized carbons (Fsp3) is 0.391. The van der Waals surface area contributed by atoms with Crippen LogP contribution in [0.2, 0.25) is 0 Å². The number of nitro groups is 1. The van der Waals surface area contributed by atoms with Gasteiger partial charge in [-0.1, -0.05) is 12.1 Å². The van der Waals surface area contributed by atoms with Gasteiger partial charge in [0.2, 0.25) is 18.9 Å². The molecule has 3 aliphatic rings. The van der Waals surface area contributed by atoms with Gasteiger partial charge in [0.15, 0.2) is 11.5 Å². The maximum Gasteiger partial charge on any atom is 0.269 e. The number of likely N-dealkylation sites (tertiary alicyclic amines) is 1. The largest absolute Gasteiger partial charge is 0.454 e. The highest BCUT2D eigenvalue weighted by Crippen LogP contribution is 2.42. The maximum atomic E-state index is 11.1. The Bertz CT molecular complexity index is 1110. The third-order valence-electron chi connectivity index (χ3n) is 6.36. The standard InChI is InChI=1S/C23H23N5O4.ClH/c24-14-25-23(26-8-1-2-9-26)27-10-7-17-12-21-22(32-15-31-21)13-19(17)20(27)11-16-3-5-18(6-4-16)28(29)30;/h3-6,12-13,20H,1-2,7-11,15H2;1H. The minimum atomic E-state index is -0.391. The molecule has 2 aromatic carbocycles. The molecule has 33 heavy (non-hydrogen) atoms. The third kappa shape index (κ3) is 4.39. The number of nitro benzene ring substituents is 1. The van der Waals surface area contributed by atoms with Crippen molar-refractivity contribution in [1.29, 1.82) is 5.26 Å². The van der Waals surface area contributed by atoms with E-state index in [1.54, 1.807) is 12.1 Å². The minimum absolute atomic E-state index is 0. The molecule has 3 aliphatic heterocycles. The van der Waals surface area contributed by atoms with Crippen LogP contribution in [0.3, 0.4) is 0 Å². The van der Waals surface area contributed by atoms with Gasteiger partial charge in [0.1, 0.15) is 0 Å². The monoisotopic (exact) mass is 469 g/mol. The summed E-state index contributed by atoms with van der Waals surface area (Å²) >= 11 is 0. The summed E-state index contributed by atoms with van der Waals surface area (Å²) in [6, 6.07) is 10.7. The lowest BCUT2D eigenvalue weighted by atomic mass is 9.88. The molecular formula is C23H24ClN5O4. The quantitative estimate of drug-likeness (QED) is 0.221. The van der Waals surface area contributed by atoms with E-state index in [4.69, 9.17) is 9.47 Å². The molecule has 0 aromatic heterocycles. The topological polar surface area (TPSA) is 104 Å². The highest BCUT2D eigenvalue weighted by atomic mass is 35.5. The molecule has 0 N–H and O–H groups in total.